The van der Waals surface area contributed by atoms with Crippen molar-refractivity contribution in [1.29, 1.82) is 0 Å². The molecule has 1 nitrogen and oxygen atoms in total. The molecule has 0 spiro atoms. The van der Waals surface area contributed by atoms with Crippen molar-refractivity contribution in [3.63, 3.8) is 0 Å². The fourth-order valence-electron chi connectivity index (χ4n) is 11.5. The maximum Gasteiger partial charge on any atom is 0.169 e. The zero-order chi connectivity index (χ0) is 81.4. The van der Waals surface area contributed by atoms with Gasteiger partial charge >= 0.3 is 0 Å². The van der Waals surface area contributed by atoms with Crippen LogP contribution in [0.2, 0.25) is 6.82 Å². The molecule has 4 radical (unpaired) electrons. The molecule has 17 aromatic rings. The summed E-state index contributed by atoms with van der Waals surface area (Å²) in [5, 5.41) is 4.43. The Morgan fingerprint density at radius 1 is 0.276 bits per heavy atom. The molecule has 0 aliphatic heterocycles. The first kappa shape index (κ1) is 33.1. The van der Waals surface area contributed by atoms with Crippen LogP contribution in [0.1, 0.15) is 35.6 Å². The molecule has 406 valence electrons. The molecular formula is C83H55B2IO. The highest BCUT2D eigenvalue weighted by molar-refractivity contribution is 14.1. The summed E-state index contributed by atoms with van der Waals surface area (Å²) in [6.07, 6.45) is 0. The van der Waals surface area contributed by atoms with E-state index in [9.17, 15) is 12.3 Å². The second-order valence-corrected chi connectivity index (χ2v) is 19.7. The number of rotatable bonds is 6. The van der Waals surface area contributed by atoms with E-state index in [2.05, 4.69) is 171 Å². The Morgan fingerprint density at radius 2 is 0.747 bits per heavy atom. The predicted molar refractivity (Wildman–Crippen MR) is 387 cm³/mol. The second kappa shape index (κ2) is 24.2. The zero-order valence-corrected chi connectivity index (χ0v) is 48.1. The van der Waals surface area contributed by atoms with Crippen LogP contribution in [0.15, 0.2) is 319 Å². The standard InChI is InChI=1S/C42H26O.C40H26.CH3B.BI/c1-2-11-27(12-3-1)28-21-23-30(24-22-28)39-32-15-6-8-17-34(32)40(35-18-9-7-16-33(35)39)36-19-10-20-38-41(36)37-26-25-29-13-4-5-14-31(29)42(37)43-38;1-2-12-31-26-32(25-22-27(31)10-1)28-20-23-30(24-21-28)39-35-15-5-7-17-37(35)40(38-18-8-6-16-36(38)39)34-19-9-13-29-11-3-4-14-33(29)34;2*1-2/h1-26H;1-26H;1H3;/i;1D,2D,3D,4D,5D,6D,7D,8D,9D,10D,11D,12D,13D,14D,15D,16D,17D,18D,19D,20D,21D,22D,23D,24D,25D,26D;;. The first-order chi connectivity index (χ1) is 54.0. The fourth-order valence-corrected chi connectivity index (χ4v) is 11.5. The maximum absolute atomic E-state index is 9.43. The molecule has 17 rings (SSSR count). The summed E-state index contributed by atoms with van der Waals surface area (Å²) in [5.41, 5.74) is 9.20. The van der Waals surface area contributed by atoms with Crippen LogP contribution in [0.5, 0.6) is 0 Å². The molecule has 0 atom stereocenters. The third-order valence-electron chi connectivity index (χ3n) is 15.2. The summed E-state index contributed by atoms with van der Waals surface area (Å²) in [5.74, 6) is 0. The van der Waals surface area contributed by atoms with Crippen molar-refractivity contribution in [2.75, 3.05) is 0 Å². The zero-order valence-electron chi connectivity index (χ0n) is 72.0. The van der Waals surface area contributed by atoms with Gasteiger partial charge in [0.05, 0.1) is 43.5 Å². The number of fused-ring (bicyclic) bond motifs is 11. The molecule has 0 bridgehead atoms. The molecule has 0 aliphatic carbocycles. The van der Waals surface area contributed by atoms with Gasteiger partial charge in [0.2, 0.25) is 0 Å². The second-order valence-electron chi connectivity index (χ2n) is 19.7. The minimum absolute atomic E-state index is 0.526. The van der Waals surface area contributed by atoms with Gasteiger partial charge in [-0.3, -0.25) is 0 Å². The molecule has 4 heteroatoms. The first-order valence-corrected chi connectivity index (χ1v) is 28.6. The molecule has 0 aliphatic rings. The number of hydrogen-bond donors (Lipinski definition) is 0. The monoisotopic (exact) mass is 1240 g/mol. The van der Waals surface area contributed by atoms with Crippen molar-refractivity contribution in [1.82, 2.24) is 0 Å². The Hall–Kier alpha value is -10.0. The fraction of sp³-hybridized carbons (Fsp3) is 0.0120. The number of furan rings is 1. The van der Waals surface area contributed by atoms with E-state index in [4.69, 9.17) is 27.7 Å². The average Bonchev–Trinajstić information content (AvgIpc) is 1.17. The van der Waals surface area contributed by atoms with E-state index in [-0.39, 0.29) is 0 Å². The summed E-state index contributed by atoms with van der Waals surface area (Å²) in [4.78, 5) is 0. The molecule has 0 fully saturated rings. The van der Waals surface area contributed by atoms with Crippen LogP contribution in [-0.2, 0) is 0 Å². The van der Waals surface area contributed by atoms with E-state index in [0.717, 1.165) is 21.9 Å². The van der Waals surface area contributed by atoms with Crippen LogP contribution >= 0.6 is 22.4 Å². The number of halogens is 1. The molecule has 1 aromatic heterocycles. The molecule has 0 saturated heterocycles. The van der Waals surface area contributed by atoms with Crippen LogP contribution < -0.4 is 0 Å². The summed E-state index contributed by atoms with van der Waals surface area (Å²) < 4.78 is 237. The molecular weight excluding hydrogens is 1160 g/mol. The lowest BCUT2D eigenvalue weighted by Crippen LogP contribution is -1.91. The van der Waals surface area contributed by atoms with Crippen LogP contribution in [0.4, 0.5) is 0 Å². The molecule has 0 unspecified atom stereocenters. The Balaban J connectivity index is 0.000000193. The van der Waals surface area contributed by atoms with Crippen LogP contribution in [-0.4, -0.2) is 13.5 Å². The lowest BCUT2D eigenvalue weighted by atomic mass is 9.84. The molecule has 1 heterocycles. The Bertz CT molecular complexity index is 6820. The van der Waals surface area contributed by atoms with Crippen LogP contribution in [0.3, 0.4) is 0 Å². The van der Waals surface area contributed by atoms with Gasteiger partial charge in [-0.05, 0) is 155 Å². The topological polar surface area (TPSA) is 13.1 Å². The van der Waals surface area contributed by atoms with Gasteiger partial charge in [0.25, 0.3) is 0 Å². The Labute approximate surface area is 559 Å². The van der Waals surface area contributed by atoms with Crippen molar-refractivity contribution in [3.8, 4) is 66.8 Å². The molecule has 87 heavy (non-hydrogen) atoms. The lowest BCUT2D eigenvalue weighted by Gasteiger charge is -2.19. The number of hydrogen-bond acceptors (Lipinski definition) is 1. The third kappa shape index (κ3) is 9.90. The summed E-state index contributed by atoms with van der Waals surface area (Å²) >= 11 is 1.65. The smallest absolute Gasteiger partial charge is 0.169 e. The Morgan fingerprint density at radius 3 is 1.40 bits per heavy atom. The summed E-state index contributed by atoms with van der Waals surface area (Å²) in [6.45, 7) is 1.50. The minimum atomic E-state index is -1.07. The highest BCUT2D eigenvalue weighted by atomic mass is 127. The summed E-state index contributed by atoms with van der Waals surface area (Å²) in [6, 6.07) is 32.7. The van der Waals surface area contributed by atoms with Crippen LogP contribution in [0, 0.1) is 0 Å². The van der Waals surface area contributed by atoms with E-state index in [1.54, 1.807) is 22.4 Å². The van der Waals surface area contributed by atoms with Crippen LogP contribution in [0.25, 0.3) is 164 Å². The SMILES string of the molecule is [2H]c1c([2H])c(-c2c3c([2H])c([2H])c([2H])c([2H])c3c(-c3c([2H])c([2H])c([2H])c4c([2H])c([2H])c([2H])c([2H])c34)c3c([2H])c([2H])c([2H])c([2H])c23)c([2H])c([2H])c1-c1c([2H])c([2H])c2c([2H])c([2H])c([2H])c([2H])c2c1[2H].[B]C.[B]I.c1ccc(-c2ccc(-c3c4ccccc4c(-c4cccc5oc6c7ccccc7ccc6c45)c4ccccc34)cc2)cc1. The van der Waals surface area contributed by atoms with E-state index >= 15 is 0 Å². The van der Waals surface area contributed by atoms with Gasteiger partial charge < -0.3 is 4.42 Å². The minimum Gasteiger partial charge on any atom is -0.455 e. The highest BCUT2D eigenvalue weighted by Crippen LogP contribution is 2.49. The van der Waals surface area contributed by atoms with Gasteiger partial charge in [-0.15, -0.1) is 0 Å². The lowest BCUT2D eigenvalue weighted by molar-refractivity contribution is 0.673. The van der Waals surface area contributed by atoms with Crippen molar-refractivity contribution >= 4 is 133 Å². The largest absolute Gasteiger partial charge is 0.455 e. The van der Waals surface area contributed by atoms with Gasteiger partial charge in [-0.2, -0.15) is 22.4 Å². The third-order valence-corrected chi connectivity index (χ3v) is 15.2. The van der Waals surface area contributed by atoms with E-state index in [0.29, 0.717) is 0 Å². The van der Waals surface area contributed by atoms with Gasteiger partial charge in [0.15, 0.2) is 5.70 Å². The maximum atomic E-state index is 9.43. The Kier molecular flexibility index (Phi) is 9.18. The average molecular weight is 1240 g/mol. The molecule has 0 amide bonds. The van der Waals surface area contributed by atoms with Crippen molar-refractivity contribution < 1.29 is 40.1 Å². The normalized spacial score (nSPS) is 15.4. The van der Waals surface area contributed by atoms with Crippen molar-refractivity contribution in [2.24, 2.45) is 0 Å². The molecule has 16 aromatic carbocycles. The summed E-state index contributed by atoms with van der Waals surface area (Å²) in [7, 11) is 4.50. The first-order valence-electron chi connectivity index (χ1n) is 40.3. The molecule has 0 saturated carbocycles. The van der Waals surface area contributed by atoms with Gasteiger partial charge in [0.1, 0.15) is 11.2 Å². The van der Waals surface area contributed by atoms with E-state index in [1.165, 1.54) is 72.5 Å². The number of benzene rings is 16. The quantitative estimate of drug-likeness (QED) is 0.0919. The van der Waals surface area contributed by atoms with Gasteiger partial charge in [-0.1, -0.05) is 303 Å². The van der Waals surface area contributed by atoms with Crippen molar-refractivity contribution in [3.05, 3.63) is 315 Å². The van der Waals surface area contributed by atoms with E-state index < -0.39 is 234 Å². The molecule has 0 N–H and O–H groups in total. The van der Waals surface area contributed by atoms with Crippen molar-refractivity contribution in [2.45, 2.75) is 6.82 Å². The van der Waals surface area contributed by atoms with Gasteiger partial charge in [-0.25, -0.2) is 0 Å². The van der Waals surface area contributed by atoms with Gasteiger partial charge in [0, 0.05) is 16.2 Å². The predicted octanol–water partition coefficient (Wildman–Crippen LogP) is 24.1. The van der Waals surface area contributed by atoms with E-state index in [1.807, 2.05) is 0 Å². The highest BCUT2D eigenvalue weighted by Gasteiger charge is 2.22.